The van der Waals surface area contributed by atoms with E-state index in [0.717, 1.165) is 25.2 Å². The van der Waals surface area contributed by atoms with Crippen LogP contribution < -0.4 is 5.73 Å². The summed E-state index contributed by atoms with van der Waals surface area (Å²) in [5.41, 5.74) is 5.03. The van der Waals surface area contributed by atoms with Crippen LogP contribution >= 0.6 is 7.82 Å². The molecular weight excluding hydrogens is 335 g/mol. The number of aliphatic hydroxyl groups excluding tert-OH is 2. The second-order valence-electron chi connectivity index (χ2n) is 4.57. The van der Waals surface area contributed by atoms with Gasteiger partial charge in [0, 0.05) is 14.2 Å². The van der Waals surface area contributed by atoms with Gasteiger partial charge < -0.3 is 20.7 Å². The standard InChI is InChI=1S/C10H17N4O8P/c1-19-23(18,20-2)21-3-5-6(15)7(16)10(22-5)14-4-12-9(13-14)8(11)17/h4-7,10,15-16H,3H2,1-2H3,(H2,11,17)/t5-,6-,7-,10-/m1/s1. The van der Waals surface area contributed by atoms with Crippen molar-refractivity contribution in [3.8, 4) is 0 Å². The van der Waals surface area contributed by atoms with Gasteiger partial charge >= 0.3 is 7.82 Å². The first-order valence-electron chi connectivity index (χ1n) is 6.40. The lowest BCUT2D eigenvalue weighted by Crippen LogP contribution is -2.33. The van der Waals surface area contributed by atoms with E-state index in [2.05, 4.69) is 19.1 Å². The molecular formula is C10H17N4O8P. The van der Waals surface area contributed by atoms with Gasteiger partial charge in [0.15, 0.2) is 6.23 Å². The van der Waals surface area contributed by atoms with E-state index in [-0.39, 0.29) is 12.4 Å². The predicted octanol–water partition coefficient (Wildman–Crippen LogP) is -1.59. The van der Waals surface area contributed by atoms with Crippen molar-refractivity contribution in [2.75, 3.05) is 20.8 Å². The lowest BCUT2D eigenvalue weighted by atomic mass is 10.1. The van der Waals surface area contributed by atoms with Crippen LogP contribution in [0.25, 0.3) is 0 Å². The highest BCUT2D eigenvalue weighted by molar-refractivity contribution is 7.48. The number of aliphatic hydroxyl groups is 2. The summed E-state index contributed by atoms with van der Waals surface area (Å²) in [6, 6.07) is 0. The lowest BCUT2D eigenvalue weighted by molar-refractivity contribution is -0.0590. The molecule has 0 saturated carbocycles. The first kappa shape index (κ1) is 17.9. The molecule has 1 saturated heterocycles. The number of phosphoric acid groups is 1. The first-order valence-corrected chi connectivity index (χ1v) is 7.86. The van der Waals surface area contributed by atoms with Crippen LogP contribution in [-0.2, 0) is 22.9 Å². The van der Waals surface area contributed by atoms with Gasteiger partial charge in [0.25, 0.3) is 5.91 Å². The molecule has 23 heavy (non-hydrogen) atoms. The van der Waals surface area contributed by atoms with E-state index < -0.39 is 38.3 Å². The third-order valence-electron chi connectivity index (χ3n) is 3.17. The Morgan fingerprint density at radius 3 is 2.61 bits per heavy atom. The van der Waals surface area contributed by atoms with Crippen molar-refractivity contribution in [3.63, 3.8) is 0 Å². The summed E-state index contributed by atoms with van der Waals surface area (Å²) in [6.07, 6.45) is -3.77. The minimum atomic E-state index is -3.75. The van der Waals surface area contributed by atoms with E-state index in [9.17, 15) is 19.6 Å². The van der Waals surface area contributed by atoms with Crippen LogP contribution in [0.1, 0.15) is 16.8 Å². The Kier molecular flexibility index (Phi) is 5.47. The SMILES string of the molecule is COP(=O)(OC)OC[C@H]1O[C@@H](n2cnc(C(N)=O)n2)[C@H](O)[C@@H]1O. The number of phosphoric ester groups is 1. The van der Waals surface area contributed by atoms with Gasteiger partial charge in [-0.15, -0.1) is 5.10 Å². The average Bonchev–Trinajstić information content (AvgIpc) is 3.12. The Balaban J connectivity index is 2.05. The van der Waals surface area contributed by atoms with Crippen LogP contribution in [0.3, 0.4) is 0 Å². The maximum Gasteiger partial charge on any atom is 0.474 e. The molecule has 1 fully saturated rings. The maximum atomic E-state index is 11.8. The molecule has 2 rings (SSSR count). The number of carbonyl (C=O) groups excluding carboxylic acids is 1. The van der Waals surface area contributed by atoms with Gasteiger partial charge in [-0.3, -0.25) is 18.4 Å². The molecule has 1 aliphatic heterocycles. The van der Waals surface area contributed by atoms with Crippen molar-refractivity contribution in [1.82, 2.24) is 14.8 Å². The highest BCUT2D eigenvalue weighted by Crippen LogP contribution is 2.48. The van der Waals surface area contributed by atoms with Crippen LogP contribution in [0.5, 0.6) is 0 Å². The molecule has 1 aromatic rings. The Morgan fingerprint density at radius 1 is 1.43 bits per heavy atom. The average molecular weight is 352 g/mol. The zero-order valence-electron chi connectivity index (χ0n) is 12.3. The summed E-state index contributed by atoms with van der Waals surface area (Å²) in [5, 5.41) is 23.7. The topological polar surface area (TPSA) is 168 Å². The maximum absolute atomic E-state index is 11.8. The summed E-state index contributed by atoms with van der Waals surface area (Å²) in [6.45, 7) is -0.370. The van der Waals surface area contributed by atoms with E-state index in [1.165, 1.54) is 0 Å². The van der Waals surface area contributed by atoms with Gasteiger partial charge in [-0.2, -0.15) is 0 Å². The number of nitrogens with zero attached hydrogens (tertiary/aromatic N) is 3. The number of ether oxygens (including phenoxy) is 1. The Morgan fingerprint density at radius 2 is 2.09 bits per heavy atom. The Bertz CT molecular complexity index is 601. The van der Waals surface area contributed by atoms with E-state index in [4.69, 9.17) is 15.0 Å². The molecule has 0 aromatic carbocycles. The smallest absolute Gasteiger partial charge is 0.387 e. The summed E-state index contributed by atoms with van der Waals surface area (Å²) < 4.78 is 32.3. The molecule has 0 spiro atoms. The molecule has 0 aliphatic carbocycles. The van der Waals surface area contributed by atoms with E-state index in [1.807, 2.05) is 0 Å². The molecule has 0 unspecified atom stereocenters. The minimum Gasteiger partial charge on any atom is -0.387 e. The predicted molar refractivity (Wildman–Crippen MR) is 72.0 cm³/mol. The Labute approximate surface area is 130 Å². The highest BCUT2D eigenvalue weighted by Gasteiger charge is 2.45. The molecule has 1 aromatic heterocycles. The van der Waals surface area contributed by atoms with Crippen LogP contribution in [-0.4, -0.2) is 70.0 Å². The monoisotopic (exact) mass is 352 g/mol. The van der Waals surface area contributed by atoms with Gasteiger partial charge in [0.05, 0.1) is 6.61 Å². The molecule has 0 bridgehead atoms. The third-order valence-corrected chi connectivity index (χ3v) is 4.53. The van der Waals surface area contributed by atoms with Crippen molar-refractivity contribution >= 4 is 13.7 Å². The first-order chi connectivity index (χ1) is 10.8. The Hall–Kier alpha value is -1.40. The zero-order chi connectivity index (χ0) is 17.2. The van der Waals surface area contributed by atoms with E-state index >= 15 is 0 Å². The van der Waals surface area contributed by atoms with Crippen LogP contribution in [0.4, 0.5) is 0 Å². The molecule has 4 atom stereocenters. The molecule has 130 valence electrons. The number of aromatic nitrogens is 3. The fraction of sp³-hybridized carbons (Fsp3) is 0.700. The summed E-state index contributed by atoms with van der Waals surface area (Å²) in [4.78, 5) is 14.6. The molecule has 13 heteroatoms. The quantitative estimate of drug-likeness (QED) is 0.487. The number of nitrogens with two attached hydrogens (primary N) is 1. The minimum absolute atomic E-state index is 0.266. The summed E-state index contributed by atoms with van der Waals surface area (Å²) in [7, 11) is -1.48. The van der Waals surface area contributed by atoms with Crippen molar-refractivity contribution < 1.29 is 37.9 Å². The fourth-order valence-corrected chi connectivity index (χ4v) is 2.63. The number of amides is 1. The largest absolute Gasteiger partial charge is 0.474 e. The van der Waals surface area contributed by atoms with Crippen molar-refractivity contribution in [3.05, 3.63) is 12.2 Å². The number of carbonyl (C=O) groups is 1. The van der Waals surface area contributed by atoms with Crippen LogP contribution in [0, 0.1) is 0 Å². The molecule has 1 amide bonds. The van der Waals surface area contributed by atoms with Gasteiger partial charge in [-0.1, -0.05) is 0 Å². The van der Waals surface area contributed by atoms with Gasteiger partial charge in [-0.05, 0) is 0 Å². The van der Waals surface area contributed by atoms with Crippen molar-refractivity contribution in [1.29, 1.82) is 0 Å². The second kappa shape index (κ2) is 7.01. The van der Waals surface area contributed by atoms with Gasteiger partial charge in [-0.25, -0.2) is 14.2 Å². The number of primary amides is 1. The molecule has 1 aliphatic rings. The molecule has 2 heterocycles. The lowest BCUT2D eigenvalue weighted by Gasteiger charge is -2.18. The highest BCUT2D eigenvalue weighted by atomic mass is 31.2. The van der Waals surface area contributed by atoms with Gasteiger partial charge in [0.1, 0.15) is 24.6 Å². The van der Waals surface area contributed by atoms with Crippen molar-refractivity contribution in [2.24, 2.45) is 5.73 Å². The van der Waals surface area contributed by atoms with Crippen LogP contribution in [0.2, 0.25) is 0 Å². The van der Waals surface area contributed by atoms with E-state index in [1.54, 1.807) is 0 Å². The molecule has 12 nitrogen and oxygen atoms in total. The zero-order valence-corrected chi connectivity index (χ0v) is 13.2. The van der Waals surface area contributed by atoms with E-state index in [0.29, 0.717) is 0 Å². The van der Waals surface area contributed by atoms with Gasteiger partial charge in [0.2, 0.25) is 5.82 Å². The normalized spacial score (nSPS) is 28.2. The van der Waals surface area contributed by atoms with Crippen molar-refractivity contribution in [2.45, 2.75) is 24.5 Å². The number of hydrogen-bond acceptors (Lipinski definition) is 10. The molecule has 0 radical (unpaired) electrons. The fourth-order valence-electron chi connectivity index (χ4n) is 1.94. The summed E-state index contributed by atoms with van der Waals surface area (Å²) in [5.74, 6) is -1.11. The van der Waals surface area contributed by atoms with Crippen LogP contribution in [0.15, 0.2) is 6.33 Å². The number of hydrogen-bond donors (Lipinski definition) is 3. The third kappa shape index (κ3) is 3.75. The molecule has 4 N–H and O–H groups in total. The number of rotatable bonds is 7. The summed E-state index contributed by atoms with van der Waals surface area (Å²) >= 11 is 0. The second-order valence-corrected chi connectivity index (χ2v) is 6.45.